The van der Waals surface area contributed by atoms with Gasteiger partial charge in [-0.3, -0.25) is 19.5 Å². The van der Waals surface area contributed by atoms with Crippen molar-refractivity contribution in [1.82, 2.24) is 4.57 Å². The van der Waals surface area contributed by atoms with Crippen LogP contribution in [0.5, 0.6) is 5.75 Å². The van der Waals surface area contributed by atoms with Crippen LogP contribution in [-0.4, -0.2) is 29.1 Å². The van der Waals surface area contributed by atoms with Crippen molar-refractivity contribution in [2.45, 2.75) is 12.3 Å². The number of carbonyl (C=O) groups excluding carboxylic acids is 1. The van der Waals surface area contributed by atoms with Crippen LogP contribution in [0.1, 0.15) is 22.0 Å². The Morgan fingerprint density at radius 2 is 1.88 bits per heavy atom. The van der Waals surface area contributed by atoms with E-state index in [4.69, 9.17) is 4.74 Å². The van der Waals surface area contributed by atoms with Crippen molar-refractivity contribution in [1.29, 1.82) is 0 Å². The van der Waals surface area contributed by atoms with E-state index < -0.39 is 11.8 Å². The molecule has 0 aliphatic carbocycles. The Hall–Kier alpha value is -3.15. The minimum Gasteiger partial charge on any atom is -0.497 e. The molecule has 26 heavy (non-hydrogen) atoms. The predicted molar refractivity (Wildman–Crippen MR) is 97.4 cm³/mol. The molecule has 4 rings (SSSR count). The Labute approximate surface area is 150 Å². The summed E-state index contributed by atoms with van der Waals surface area (Å²) in [5.74, 6) is -0.239. The van der Waals surface area contributed by atoms with Crippen LogP contribution in [0.15, 0.2) is 54.6 Å². The van der Waals surface area contributed by atoms with Crippen LogP contribution in [0.4, 0.5) is 0 Å². The Balaban J connectivity index is 1.79. The quantitative estimate of drug-likeness (QED) is 0.521. The van der Waals surface area contributed by atoms with E-state index in [0.717, 1.165) is 22.2 Å². The maximum atomic E-state index is 13.1. The largest absolute Gasteiger partial charge is 0.497 e. The van der Waals surface area contributed by atoms with Gasteiger partial charge in [0.15, 0.2) is 0 Å². The van der Waals surface area contributed by atoms with Gasteiger partial charge in [0, 0.05) is 16.0 Å². The molecule has 6 heteroatoms. The van der Waals surface area contributed by atoms with E-state index >= 15 is 0 Å². The smallest absolute Gasteiger partial charge is 0.235 e. The van der Waals surface area contributed by atoms with E-state index in [1.165, 1.54) is 0 Å². The standard InChI is InChI=1S/C20H18N2O4/c1-26-15-7-8-18-14(10-15)11-19-17(12-21(24)25)16(20(23)22(18)19)9-13-5-3-2-4-6-13/h2-8,10-11,16-17H,9,12H2,1H3/t16-,17-/m1/s1. The molecule has 1 aliphatic heterocycles. The second-order valence-electron chi connectivity index (χ2n) is 6.59. The van der Waals surface area contributed by atoms with Crippen LogP contribution in [0.3, 0.4) is 0 Å². The molecule has 1 aliphatic rings. The summed E-state index contributed by atoms with van der Waals surface area (Å²) in [6.45, 7) is -0.253. The lowest BCUT2D eigenvalue weighted by molar-refractivity contribution is -0.484. The Bertz CT molecular complexity index is 994. The van der Waals surface area contributed by atoms with Gasteiger partial charge in [-0.05, 0) is 36.2 Å². The van der Waals surface area contributed by atoms with Gasteiger partial charge in [-0.25, -0.2) is 0 Å². The molecule has 1 aromatic heterocycles. The molecule has 2 aromatic carbocycles. The third kappa shape index (κ3) is 2.63. The topological polar surface area (TPSA) is 74.4 Å². The van der Waals surface area contributed by atoms with Crippen molar-refractivity contribution < 1.29 is 14.5 Å². The zero-order valence-corrected chi connectivity index (χ0v) is 14.3. The first-order valence-electron chi connectivity index (χ1n) is 8.48. The van der Waals surface area contributed by atoms with Gasteiger partial charge in [0.1, 0.15) is 5.75 Å². The molecule has 0 amide bonds. The van der Waals surface area contributed by atoms with Crippen molar-refractivity contribution in [3.05, 3.63) is 76.0 Å². The summed E-state index contributed by atoms with van der Waals surface area (Å²) in [7, 11) is 1.58. The Morgan fingerprint density at radius 3 is 2.58 bits per heavy atom. The number of benzene rings is 2. The molecule has 3 aromatic rings. The number of nitrogens with zero attached hydrogens (tertiary/aromatic N) is 2. The second-order valence-corrected chi connectivity index (χ2v) is 6.59. The lowest BCUT2D eigenvalue weighted by Gasteiger charge is -2.14. The lowest BCUT2D eigenvalue weighted by Crippen LogP contribution is -2.23. The third-order valence-electron chi connectivity index (χ3n) is 5.08. The number of carbonyl (C=O) groups is 1. The highest BCUT2D eigenvalue weighted by Crippen LogP contribution is 2.40. The normalized spacial score (nSPS) is 18.9. The van der Waals surface area contributed by atoms with E-state index in [2.05, 4.69) is 0 Å². The summed E-state index contributed by atoms with van der Waals surface area (Å²) in [4.78, 5) is 24.1. The molecule has 2 atom stereocenters. The average Bonchev–Trinajstić information content (AvgIpc) is 3.12. The highest BCUT2D eigenvalue weighted by molar-refractivity contribution is 5.98. The molecule has 2 heterocycles. The SMILES string of the molecule is COc1ccc2c(c1)cc1n2C(=O)[C@H](Cc2ccccc2)[C@H]1C[N+](=O)[O-]. The van der Waals surface area contributed by atoms with E-state index in [9.17, 15) is 14.9 Å². The van der Waals surface area contributed by atoms with Gasteiger partial charge in [0.05, 0.1) is 24.5 Å². The summed E-state index contributed by atoms with van der Waals surface area (Å²) in [6.07, 6.45) is 0.498. The summed E-state index contributed by atoms with van der Waals surface area (Å²) in [6, 6.07) is 17.0. The fourth-order valence-corrected chi connectivity index (χ4v) is 3.88. The molecular weight excluding hydrogens is 332 g/mol. The van der Waals surface area contributed by atoms with Gasteiger partial charge >= 0.3 is 0 Å². The summed E-state index contributed by atoms with van der Waals surface area (Å²) in [5.41, 5.74) is 2.50. The highest BCUT2D eigenvalue weighted by atomic mass is 16.6. The van der Waals surface area contributed by atoms with Crippen LogP contribution in [-0.2, 0) is 6.42 Å². The molecule has 0 fully saturated rings. The summed E-state index contributed by atoms with van der Waals surface area (Å²) < 4.78 is 6.89. The maximum absolute atomic E-state index is 13.1. The zero-order chi connectivity index (χ0) is 18.3. The third-order valence-corrected chi connectivity index (χ3v) is 5.08. The molecule has 0 saturated heterocycles. The minimum absolute atomic E-state index is 0.0733. The molecule has 0 bridgehead atoms. The number of hydrogen-bond donors (Lipinski definition) is 0. The molecule has 0 saturated carbocycles. The number of nitro groups is 1. The lowest BCUT2D eigenvalue weighted by atomic mass is 9.86. The molecule has 6 nitrogen and oxygen atoms in total. The van der Waals surface area contributed by atoms with Crippen LogP contribution >= 0.6 is 0 Å². The van der Waals surface area contributed by atoms with E-state index in [0.29, 0.717) is 12.2 Å². The average molecular weight is 350 g/mol. The van der Waals surface area contributed by atoms with Crippen molar-refractivity contribution in [2.75, 3.05) is 13.7 Å². The molecule has 0 N–H and O–H groups in total. The van der Waals surface area contributed by atoms with Crippen molar-refractivity contribution in [3.63, 3.8) is 0 Å². The summed E-state index contributed by atoms with van der Waals surface area (Å²) in [5, 5.41) is 12.1. The first-order chi connectivity index (χ1) is 12.6. The first kappa shape index (κ1) is 16.3. The van der Waals surface area contributed by atoms with E-state index in [1.807, 2.05) is 48.5 Å². The monoisotopic (exact) mass is 350 g/mol. The van der Waals surface area contributed by atoms with E-state index in [1.54, 1.807) is 17.7 Å². The maximum Gasteiger partial charge on any atom is 0.235 e. The van der Waals surface area contributed by atoms with Crippen LogP contribution in [0.25, 0.3) is 10.9 Å². The highest BCUT2D eigenvalue weighted by Gasteiger charge is 2.43. The van der Waals surface area contributed by atoms with Crippen molar-refractivity contribution in [3.8, 4) is 5.75 Å². The molecule has 132 valence electrons. The van der Waals surface area contributed by atoms with Gasteiger partial charge in [0.25, 0.3) is 0 Å². The van der Waals surface area contributed by atoms with Crippen LogP contribution < -0.4 is 4.74 Å². The predicted octanol–water partition coefficient (Wildman–Crippen LogP) is 3.52. The fraction of sp³-hybridized carbons (Fsp3) is 0.250. The second kappa shape index (κ2) is 6.29. The number of methoxy groups -OCH3 is 1. The van der Waals surface area contributed by atoms with Gasteiger partial charge in [0.2, 0.25) is 12.5 Å². The van der Waals surface area contributed by atoms with Crippen molar-refractivity contribution in [2.24, 2.45) is 5.92 Å². The summed E-state index contributed by atoms with van der Waals surface area (Å²) >= 11 is 0. The Morgan fingerprint density at radius 1 is 1.12 bits per heavy atom. The van der Waals surface area contributed by atoms with Crippen molar-refractivity contribution >= 4 is 16.8 Å². The van der Waals surface area contributed by atoms with Crippen LogP contribution in [0, 0.1) is 16.0 Å². The van der Waals surface area contributed by atoms with Gasteiger partial charge in [-0.15, -0.1) is 0 Å². The number of ether oxygens (including phenoxy) is 1. The van der Waals surface area contributed by atoms with Gasteiger partial charge in [-0.1, -0.05) is 30.3 Å². The van der Waals surface area contributed by atoms with Gasteiger partial charge in [-0.2, -0.15) is 0 Å². The van der Waals surface area contributed by atoms with E-state index in [-0.39, 0.29) is 17.4 Å². The number of hydrogen-bond acceptors (Lipinski definition) is 4. The number of rotatable bonds is 5. The minimum atomic E-state index is -0.434. The van der Waals surface area contributed by atoms with Crippen LogP contribution in [0.2, 0.25) is 0 Å². The zero-order valence-electron chi connectivity index (χ0n) is 14.3. The molecule has 0 unspecified atom stereocenters. The first-order valence-corrected chi connectivity index (χ1v) is 8.48. The molecule has 0 spiro atoms. The fourth-order valence-electron chi connectivity index (χ4n) is 3.88. The molecular formula is C20H18N2O4. The Kier molecular flexibility index (Phi) is 3.95. The number of fused-ring (bicyclic) bond motifs is 3. The van der Waals surface area contributed by atoms with Gasteiger partial charge < -0.3 is 4.74 Å². The number of aromatic nitrogens is 1. The molecule has 0 radical (unpaired) electrons.